The second kappa shape index (κ2) is 7.31. The fraction of sp³-hybridized carbons (Fsp3) is 0.273. The Kier molecular flexibility index (Phi) is 4.73. The predicted octanol–water partition coefficient (Wildman–Crippen LogP) is 5.22. The van der Waals surface area contributed by atoms with Crippen LogP contribution in [-0.2, 0) is 24.1 Å². The number of nitrogens with one attached hydrogen (secondary N) is 1. The van der Waals surface area contributed by atoms with Crippen molar-refractivity contribution in [2.75, 3.05) is 5.32 Å². The molecular formula is C22H20N2OS. The summed E-state index contributed by atoms with van der Waals surface area (Å²) in [6.45, 7) is 0. The van der Waals surface area contributed by atoms with Crippen molar-refractivity contribution in [2.45, 2.75) is 38.5 Å². The first-order valence-corrected chi connectivity index (χ1v) is 9.88. The molecule has 3 nitrogen and oxygen atoms in total. The molecule has 1 N–H and O–H groups in total. The summed E-state index contributed by atoms with van der Waals surface area (Å²) in [5.41, 5.74) is 2.83. The van der Waals surface area contributed by atoms with Gasteiger partial charge < -0.3 is 5.32 Å². The molecule has 0 bridgehead atoms. The van der Waals surface area contributed by atoms with E-state index in [9.17, 15) is 10.1 Å². The third-order valence-electron chi connectivity index (χ3n) is 4.96. The number of benzene rings is 2. The zero-order valence-corrected chi connectivity index (χ0v) is 15.4. The summed E-state index contributed by atoms with van der Waals surface area (Å²) in [5, 5.41) is 15.6. The van der Waals surface area contributed by atoms with Crippen LogP contribution in [0.1, 0.15) is 40.8 Å². The van der Waals surface area contributed by atoms with Gasteiger partial charge in [-0.15, -0.1) is 11.3 Å². The summed E-state index contributed by atoms with van der Waals surface area (Å²) in [6, 6.07) is 16.6. The lowest BCUT2D eigenvalue weighted by atomic mass is 10.0. The monoisotopic (exact) mass is 360 g/mol. The molecular weight excluding hydrogens is 340 g/mol. The van der Waals surface area contributed by atoms with Gasteiger partial charge in [-0.2, -0.15) is 5.26 Å². The molecule has 26 heavy (non-hydrogen) atoms. The lowest BCUT2D eigenvalue weighted by Crippen LogP contribution is -2.14. The van der Waals surface area contributed by atoms with Crippen molar-refractivity contribution in [2.24, 2.45) is 0 Å². The number of thiophene rings is 1. The number of aryl methyl sites for hydroxylation is 1. The average molecular weight is 360 g/mol. The van der Waals surface area contributed by atoms with Crippen LogP contribution in [-0.4, -0.2) is 5.91 Å². The first kappa shape index (κ1) is 16.8. The van der Waals surface area contributed by atoms with Crippen LogP contribution in [0, 0.1) is 11.3 Å². The lowest BCUT2D eigenvalue weighted by molar-refractivity contribution is -0.115. The number of carbonyl (C=O) groups is 1. The minimum atomic E-state index is -0.0619. The molecule has 1 heterocycles. The number of hydrogen-bond donors (Lipinski definition) is 1. The van der Waals surface area contributed by atoms with E-state index in [-0.39, 0.29) is 5.91 Å². The number of hydrogen-bond acceptors (Lipinski definition) is 3. The van der Waals surface area contributed by atoms with Gasteiger partial charge in [-0.25, -0.2) is 0 Å². The maximum absolute atomic E-state index is 12.6. The summed E-state index contributed by atoms with van der Waals surface area (Å²) >= 11 is 1.59. The van der Waals surface area contributed by atoms with Crippen LogP contribution in [0.15, 0.2) is 42.5 Å². The summed E-state index contributed by atoms with van der Waals surface area (Å²) < 4.78 is 0. The van der Waals surface area contributed by atoms with Gasteiger partial charge in [0.05, 0.1) is 12.0 Å². The van der Waals surface area contributed by atoms with E-state index < -0.39 is 0 Å². The van der Waals surface area contributed by atoms with Crippen LogP contribution in [0.4, 0.5) is 5.00 Å². The van der Waals surface area contributed by atoms with E-state index in [1.54, 1.807) is 11.3 Å². The van der Waals surface area contributed by atoms with Gasteiger partial charge in [0.1, 0.15) is 11.1 Å². The molecule has 1 amide bonds. The van der Waals surface area contributed by atoms with Gasteiger partial charge in [-0.1, -0.05) is 48.9 Å². The molecule has 2 aromatic carbocycles. The molecule has 0 atom stereocenters. The van der Waals surface area contributed by atoms with Gasteiger partial charge in [0.2, 0.25) is 5.91 Å². The van der Waals surface area contributed by atoms with Gasteiger partial charge in [-0.3, -0.25) is 4.79 Å². The van der Waals surface area contributed by atoms with E-state index in [0.717, 1.165) is 40.8 Å². The third-order valence-corrected chi connectivity index (χ3v) is 6.17. The van der Waals surface area contributed by atoms with Crippen molar-refractivity contribution < 1.29 is 4.79 Å². The van der Waals surface area contributed by atoms with Crippen LogP contribution in [0.3, 0.4) is 0 Å². The normalized spacial score (nSPS) is 13.7. The number of nitrogens with zero attached hydrogens (tertiary/aromatic N) is 1. The molecule has 0 unspecified atom stereocenters. The number of rotatable bonds is 3. The van der Waals surface area contributed by atoms with E-state index in [1.807, 2.05) is 24.3 Å². The average Bonchev–Trinajstić information content (AvgIpc) is 2.81. The smallest absolute Gasteiger partial charge is 0.229 e. The van der Waals surface area contributed by atoms with E-state index in [0.29, 0.717) is 12.0 Å². The van der Waals surface area contributed by atoms with E-state index >= 15 is 0 Å². The minimum Gasteiger partial charge on any atom is -0.316 e. The second-order valence-electron chi connectivity index (χ2n) is 6.79. The quantitative estimate of drug-likeness (QED) is 0.651. The SMILES string of the molecule is N#Cc1c(NC(=O)Cc2ccc3ccccc3c2)sc2c1CCCCC2. The number of anilines is 1. The third kappa shape index (κ3) is 3.36. The number of carbonyl (C=O) groups excluding carboxylic acids is 1. The fourth-order valence-electron chi connectivity index (χ4n) is 3.65. The van der Waals surface area contributed by atoms with Gasteiger partial charge >= 0.3 is 0 Å². The maximum atomic E-state index is 12.6. The Balaban J connectivity index is 1.53. The van der Waals surface area contributed by atoms with Gasteiger partial charge in [0.15, 0.2) is 0 Å². The Labute approximate surface area is 157 Å². The van der Waals surface area contributed by atoms with E-state index in [4.69, 9.17) is 0 Å². The van der Waals surface area contributed by atoms with Crippen molar-refractivity contribution in [1.82, 2.24) is 0 Å². The van der Waals surface area contributed by atoms with Crippen molar-refractivity contribution >= 4 is 33.0 Å². The first-order valence-electron chi connectivity index (χ1n) is 9.07. The first-order chi connectivity index (χ1) is 12.7. The molecule has 4 rings (SSSR count). The molecule has 0 aliphatic heterocycles. The molecule has 1 aliphatic rings. The van der Waals surface area contributed by atoms with Crippen LogP contribution in [0.5, 0.6) is 0 Å². The number of nitriles is 1. The van der Waals surface area contributed by atoms with Crippen molar-refractivity contribution in [3.63, 3.8) is 0 Å². The summed E-state index contributed by atoms with van der Waals surface area (Å²) in [7, 11) is 0. The predicted molar refractivity (Wildman–Crippen MR) is 107 cm³/mol. The Morgan fingerprint density at radius 1 is 1.08 bits per heavy atom. The zero-order valence-electron chi connectivity index (χ0n) is 14.5. The highest BCUT2D eigenvalue weighted by atomic mass is 32.1. The molecule has 0 saturated carbocycles. The largest absolute Gasteiger partial charge is 0.316 e. The minimum absolute atomic E-state index is 0.0619. The van der Waals surface area contributed by atoms with Gasteiger partial charge in [-0.05, 0) is 47.6 Å². The summed E-state index contributed by atoms with van der Waals surface area (Å²) in [4.78, 5) is 13.8. The molecule has 4 heteroatoms. The molecule has 0 saturated heterocycles. The highest BCUT2D eigenvalue weighted by Gasteiger charge is 2.21. The Bertz CT molecular complexity index is 1010. The maximum Gasteiger partial charge on any atom is 0.229 e. The summed E-state index contributed by atoms with van der Waals surface area (Å²) in [5.74, 6) is -0.0619. The topological polar surface area (TPSA) is 52.9 Å². The van der Waals surface area contributed by atoms with E-state index in [2.05, 4.69) is 29.6 Å². The second-order valence-corrected chi connectivity index (χ2v) is 7.89. The molecule has 3 aromatic rings. The van der Waals surface area contributed by atoms with Crippen LogP contribution >= 0.6 is 11.3 Å². The van der Waals surface area contributed by atoms with E-state index in [1.165, 1.54) is 23.1 Å². The molecule has 130 valence electrons. The number of amides is 1. The van der Waals surface area contributed by atoms with Crippen LogP contribution in [0.2, 0.25) is 0 Å². The van der Waals surface area contributed by atoms with Crippen molar-refractivity contribution in [3.05, 3.63) is 64.0 Å². The van der Waals surface area contributed by atoms with Crippen LogP contribution < -0.4 is 5.32 Å². The molecule has 1 aromatic heterocycles. The Morgan fingerprint density at radius 3 is 2.73 bits per heavy atom. The Morgan fingerprint density at radius 2 is 1.88 bits per heavy atom. The van der Waals surface area contributed by atoms with Crippen LogP contribution in [0.25, 0.3) is 10.8 Å². The standard InChI is InChI=1S/C22H20N2OS/c23-14-19-18-8-2-1-3-9-20(18)26-22(19)24-21(25)13-15-10-11-16-6-4-5-7-17(16)12-15/h4-7,10-12H,1-3,8-9,13H2,(H,24,25). The lowest BCUT2D eigenvalue weighted by Gasteiger charge is -2.06. The van der Waals surface area contributed by atoms with Gasteiger partial charge in [0, 0.05) is 4.88 Å². The molecule has 0 fully saturated rings. The fourth-order valence-corrected chi connectivity index (χ4v) is 4.91. The van der Waals surface area contributed by atoms with Crippen molar-refractivity contribution in [3.8, 4) is 6.07 Å². The molecule has 0 radical (unpaired) electrons. The zero-order chi connectivity index (χ0) is 17.9. The van der Waals surface area contributed by atoms with Gasteiger partial charge in [0.25, 0.3) is 0 Å². The number of fused-ring (bicyclic) bond motifs is 2. The highest BCUT2D eigenvalue weighted by molar-refractivity contribution is 7.16. The Hall–Kier alpha value is -2.64. The summed E-state index contributed by atoms with van der Waals surface area (Å²) in [6.07, 6.45) is 5.81. The molecule has 1 aliphatic carbocycles. The highest BCUT2D eigenvalue weighted by Crippen LogP contribution is 2.37. The van der Waals surface area contributed by atoms with Crippen molar-refractivity contribution in [1.29, 1.82) is 5.26 Å². The molecule has 0 spiro atoms.